The van der Waals surface area contributed by atoms with Gasteiger partial charge >= 0.3 is 11.7 Å². The second kappa shape index (κ2) is 8.58. The van der Waals surface area contributed by atoms with Crippen LogP contribution in [-0.4, -0.2) is 37.3 Å². The molecule has 0 saturated heterocycles. The fourth-order valence-electron chi connectivity index (χ4n) is 3.73. The normalized spacial score (nSPS) is 11.7. The number of anilines is 3. The summed E-state index contributed by atoms with van der Waals surface area (Å²) in [4.78, 5) is 22.8. The Hall–Kier alpha value is -4.47. The molecule has 0 atom stereocenters. The van der Waals surface area contributed by atoms with Crippen LogP contribution in [0, 0.1) is 10.1 Å². The first-order chi connectivity index (χ1) is 15.9. The highest BCUT2D eigenvalue weighted by Gasteiger charge is 2.22. The maximum Gasteiger partial charge on any atom is 0.341 e. The number of rotatable bonds is 5. The number of nitrogens with zero attached hydrogens (tertiary/aromatic N) is 1. The third kappa shape index (κ3) is 3.93. The van der Waals surface area contributed by atoms with Gasteiger partial charge in [-0.3, -0.25) is 10.1 Å². The number of hydrogen-bond acceptors (Lipinski definition) is 9. The SMILES string of the molecule is COC(=O)c1cc2c(cc1OC)Nc1cc(-c3ccc([N+](=O)[O-])c(OC)c3)cc(O)c1CN2. The summed E-state index contributed by atoms with van der Waals surface area (Å²) in [6, 6.07) is 11.2. The fraction of sp³-hybridized carbons (Fsp3) is 0.174. The Bertz CT molecular complexity index is 1270. The molecule has 1 heterocycles. The maximum atomic E-state index is 12.1. The number of benzene rings is 3. The van der Waals surface area contributed by atoms with Crippen LogP contribution in [0.4, 0.5) is 22.7 Å². The molecular formula is C23H21N3O7. The lowest BCUT2D eigenvalue weighted by atomic mass is 10.0. The Labute approximate surface area is 188 Å². The number of ether oxygens (including phenoxy) is 3. The molecule has 10 nitrogen and oxygen atoms in total. The Morgan fingerprint density at radius 3 is 2.39 bits per heavy atom. The van der Waals surface area contributed by atoms with Crippen molar-refractivity contribution in [3.8, 4) is 28.4 Å². The number of nitro benzene ring substituents is 1. The minimum Gasteiger partial charge on any atom is -0.507 e. The van der Waals surface area contributed by atoms with Crippen LogP contribution in [-0.2, 0) is 11.3 Å². The molecule has 0 unspecified atom stereocenters. The molecule has 3 aromatic carbocycles. The van der Waals surface area contributed by atoms with Gasteiger partial charge in [0.1, 0.15) is 17.1 Å². The van der Waals surface area contributed by atoms with E-state index in [0.717, 1.165) is 0 Å². The van der Waals surface area contributed by atoms with E-state index in [9.17, 15) is 20.0 Å². The van der Waals surface area contributed by atoms with E-state index in [2.05, 4.69) is 10.6 Å². The molecule has 0 amide bonds. The minimum atomic E-state index is -0.532. The highest BCUT2D eigenvalue weighted by atomic mass is 16.6. The fourth-order valence-corrected chi connectivity index (χ4v) is 3.73. The molecule has 4 rings (SSSR count). The first-order valence-electron chi connectivity index (χ1n) is 9.86. The molecule has 1 aliphatic rings. The van der Waals surface area contributed by atoms with Crippen molar-refractivity contribution in [3.63, 3.8) is 0 Å². The van der Waals surface area contributed by atoms with Crippen molar-refractivity contribution in [1.82, 2.24) is 0 Å². The highest BCUT2D eigenvalue weighted by molar-refractivity contribution is 5.96. The lowest BCUT2D eigenvalue weighted by Gasteiger charge is -2.15. The third-order valence-electron chi connectivity index (χ3n) is 5.41. The van der Waals surface area contributed by atoms with E-state index < -0.39 is 10.9 Å². The summed E-state index contributed by atoms with van der Waals surface area (Å²) in [5, 5.41) is 28.4. The van der Waals surface area contributed by atoms with Gasteiger partial charge in [-0.05, 0) is 41.5 Å². The number of aromatic hydroxyl groups is 1. The van der Waals surface area contributed by atoms with Crippen LogP contribution < -0.4 is 20.1 Å². The van der Waals surface area contributed by atoms with Gasteiger partial charge in [-0.15, -0.1) is 0 Å². The van der Waals surface area contributed by atoms with E-state index in [0.29, 0.717) is 39.5 Å². The molecule has 0 bridgehead atoms. The van der Waals surface area contributed by atoms with Crippen molar-refractivity contribution in [2.45, 2.75) is 6.54 Å². The Balaban J connectivity index is 1.78. The van der Waals surface area contributed by atoms with Gasteiger partial charge in [-0.1, -0.05) is 0 Å². The van der Waals surface area contributed by atoms with Gasteiger partial charge in [-0.25, -0.2) is 4.79 Å². The second-order valence-corrected chi connectivity index (χ2v) is 7.23. The molecule has 33 heavy (non-hydrogen) atoms. The summed E-state index contributed by atoms with van der Waals surface area (Å²) in [6.45, 7) is 0.290. The van der Waals surface area contributed by atoms with Crippen molar-refractivity contribution in [2.24, 2.45) is 0 Å². The van der Waals surface area contributed by atoms with Crippen LogP contribution in [0.25, 0.3) is 11.1 Å². The molecule has 0 aliphatic carbocycles. The number of nitro groups is 1. The van der Waals surface area contributed by atoms with E-state index in [-0.39, 0.29) is 29.3 Å². The van der Waals surface area contributed by atoms with Gasteiger partial charge in [0.25, 0.3) is 0 Å². The monoisotopic (exact) mass is 451 g/mol. The van der Waals surface area contributed by atoms with Gasteiger partial charge in [0, 0.05) is 29.9 Å². The van der Waals surface area contributed by atoms with E-state index in [1.165, 1.54) is 27.4 Å². The molecule has 0 fully saturated rings. The van der Waals surface area contributed by atoms with E-state index in [1.807, 2.05) is 6.07 Å². The Morgan fingerprint density at radius 2 is 1.73 bits per heavy atom. The third-order valence-corrected chi connectivity index (χ3v) is 5.41. The molecule has 3 aromatic rings. The summed E-state index contributed by atoms with van der Waals surface area (Å²) in [6.07, 6.45) is 0. The van der Waals surface area contributed by atoms with E-state index in [1.54, 1.807) is 30.3 Å². The van der Waals surface area contributed by atoms with Crippen molar-refractivity contribution in [1.29, 1.82) is 0 Å². The zero-order valence-electron chi connectivity index (χ0n) is 18.1. The lowest BCUT2D eigenvalue weighted by Crippen LogP contribution is -2.06. The van der Waals surface area contributed by atoms with Gasteiger partial charge < -0.3 is 30.0 Å². The molecule has 0 radical (unpaired) electrons. The number of methoxy groups -OCH3 is 3. The van der Waals surface area contributed by atoms with Gasteiger partial charge in [0.05, 0.1) is 37.6 Å². The zero-order valence-corrected chi connectivity index (χ0v) is 18.1. The van der Waals surface area contributed by atoms with E-state index in [4.69, 9.17) is 14.2 Å². The number of phenolic OH excluding ortho intramolecular Hbond substituents is 1. The number of fused-ring (bicyclic) bond motifs is 2. The second-order valence-electron chi connectivity index (χ2n) is 7.23. The summed E-state index contributed by atoms with van der Waals surface area (Å²) >= 11 is 0. The quantitative estimate of drug-likeness (QED) is 0.292. The van der Waals surface area contributed by atoms with Crippen LogP contribution in [0.5, 0.6) is 17.2 Å². The number of carbonyl (C=O) groups excluding carboxylic acids is 1. The van der Waals surface area contributed by atoms with Crippen LogP contribution in [0.15, 0.2) is 42.5 Å². The average molecular weight is 451 g/mol. The molecule has 0 saturated carbocycles. The van der Waals surface area contributed by atoms with E-state index >= 15 is 0 Å². The number of esters is 1. The maximum absolute atomic E-state index is 12.1. The first-order valence-corrected chi connectivity index (χ1v) is 9.86. The predicted molar refractivity (Wildman–Crippen MR) is 122 cm³/mol. The van der Waals surface area contributed by atoms with Crippen LogP contribution >= 0.6 is 0 Å². The Morgan fingerprint density at radius 1 is 0.970 bits per heavy atom. The molecule has 0 aromatic heterocycles. The van der Waals surface area contributed by atoms with Crippen molar-refractivity contribution >= 4 is 28.7 Å². The standard InChI is InChI=1S/C23H21N3O7/c1-31-21-10-18-17(9-14(21)23(28)33-3)24-11-15-16(25-18)6-13(7-20(15)27)12-4-5-19(26(29)30)22(8-12)32-2/h4-10,24-25,27H,11H2,1-3H3. The molecule has 170 valence electrons. The lowest BCUT2D eigenvalue weighted by molar-refractivity contribution is -0.385. The number of nitrogens with one attached hydrogen (secondary N) is 2. The van der Waals surface area contributed by atoms with Crippen LogP contribution in [0.1, 0.15) is 15.9 Å². The van der Waals surface area contributed by atoms with Crippen molar-refractivity contribution < 1.29 is 29.0 Å². The van der Waals surface area contributed by atoms with Gasteiger partial charge in [0.2, 0.25) is 0 Å². The van der Waals surface area contributed by atoms with Crippen LogP contribution in [0.3, 0.4) is 0 Å². The van der Waals surface area contributed by atoms with Crippen molar-refractivity contribution in [2.75, 3.05) is 32.0 Å². The smallest absolute Gasteiger partial charge is 0.341 e. The highest BCUT2D eigenvalue weighted by Crippen LogP contribution is 2.42. The molecule has 3 N–H and O–H groups in total. The number of carbonyl (C=O) groups is 1. The molecule has 10 heteroatoms. The topological polar surface area (TPSA) is 132 Å². The molecule has 0 spiro atoms. The Kier molecular flexibility index (Phi) is 5.65. The average Bonchev–Trinajstić information content (AvgIpc) is 3.00. The number of hydrogen-bond donors (Lipinski definition) is 3. The van der Waals surface area contributed by atoms with Crippen molar-refractivity contribution in [3.05, 3.63) is 63.7 Å². The predicted octanol–water partition coefficient (Wildman–Crippen LogP) is 4.44. The van der Waals surface area contributed by atoms with Gasteiger partial charge in [0.15, 0.2) is 5.75 Å². The summed E-state index contributed by atoms with van der Waals surface area (Å²) < 4.78 is 15.3. The molecular weight excluding hydrogens is 430 g/mol. The minimum absolute atomic E-state index is 0.0350. The van der Waals surface area contributed by atoms with Gasteiger partial charge in [-0.2, -0.15) is 0 Å². The molecule has 1 aliphatic heterocycles. The number of phenols is 1. The zero-order chi connectivity index (χ0) is 23.7. The first kappa shape index (κ1) is 21.8. The largest absolute Gasteiger partial charge is 0.507 e. The summed E-state index contributed by atoms with van der Waals surface area (Å²) in [7, 11) is 4.11. The van der Waals surface area contributed by atoms with Crippen LogP contribution in [0.2, 0.25) is 0 Å². The summed E-state index contributed by atoms with van der Waals surface area (Å²) in [5.41, 5.74) is 3.89. The summed E-state index contributed by atoms with van der Waals surface area (Å²) in [5.74, 6) is -0.0472.